The fourth-order valence-corrected chi connectivity index (χ4v) is 2.11. The van der Waals surface area contributed by atoms with E-state index in [1.807, 2.05) is 0 Å². The first-order valence-corrected chi connectivity index (χ1v) is 6.77. The van der Waals surface area contributed by atoms with Gasteiger partial charge in [0.2, 0.25) is 0 Å². The van der Waals surface area contributed by atoms with E-state index in [0.717, 1.165) is 4.57 Å². The van der Waals surface area contributed by atoms with Gasteiger partial charge in [0.15, 0.2) is 0 Å². The first-order chi connectivity index (χ1) is 8.52. The molecule has 96 valence electrons. The van der Waals surface area contributed by atoms with Crippen molar-refractivity contribution in [3.05, 3.63) is 44.1 Å². The summed E-state index contributed by atoms with van der Waals surface area (Å²) in [5.74, 6) is 0.480. The van der Waals surface area contributed by atoms with E-state index in [1.165, 1.54) is 0 Å². The third-order valence-corrected chi connectivity index (χ3v) is 3.86. The quantitative estimate of drug-likeness (QED) is 0.754. The van der Waals surface area contributed by atoms with Crippen molar-refractivity contribution in [2.24, 2.45) is 0 Å². The Kier molecular flexibility index (Phi) is 4.09. The van der Waals surface area contributed by atoms with Gasteiger partial charge in [0.25, 0.3) is 5.56 Å². The van der Waals surface area contributed by atoms with Gasteiger partial charge in [-0.05, 0) is 18.2 Å². The number of nitrogens with one attached hydrogen (secondary N) is 1. The number of benzene rings is 1. The van der Waals surface area contributed by atoms with Crippen LogP contribution in [0.5, 0.6) is 0 Å². The van der Waals surface area contributed by atoms with Gasteiger partial charge in [-0.25, -0.2) is 4.79 Å². The van der Waals surface area contributed by atoms with Crippen LogP contribution in [0.1, 0.15) is 0 Å². The molecule has 1 aromatic heterocycles. The lowest BCUT2D eigenvalue weighted by Gasteiger charge is -2.10. The van der Waals surface area contributed by atoms with E-state index in [-0.39, 0.29) is 17.4 Å². The predicted octanol–water partition coefficient (Wildman–Crippen LogP) is 1.57. The second kappa shape index (κ2) is 5.42. The number of rotatable bonds is 3. The summed E-state index contributed by atoms with van der Waals surface area (Å²) in [6.07, 6.45) is 0. The van der Waals surface area contributed by atoms with Gasteiger partial charge in [0, 0.05) is 22.6 Å². The van der Waals surface area contributed by atoms with Gasteiger partial charge in [-0.3, -0.25) is 9.36 Å². The van der Waals surface area contributed by atoms with Crippen LogP contribution >= 0.6 is 36.9 Å². The summed E-state index contributed by atoms with van der Waals surface area (Å²) in [4.78, 5) is 26.6. The largest absolute Gasteiger partial charge is 0.328 e. The van der Waals surface area contributed by atoms with E-state index < -0.39 is 5.69 Å². The van der Waals surface area contributed by atoms with Crippen molar-refractivity contribution < 1.29 is 0 Å². The SMILES string of the molecule is O=c1[nH]c2cc(Cl)ccc2c(=O)n1CC(S)CS. The van der Waals surface area contributed by atoms with Gasteiger partial charge in [-0.2, -0.15) is 25.3 Å². The Morgan fingerprint density at radius 1 is 1.39 bits per heavy atom. The average Bonchev–Trinajstić information content (AvgIpc) is 2.33. The molecule has 0 bridgehead atoms. The van der Waals surface area contributed by atoms with Gasteiger partial charge in [-0.1, -0.05) is 11.6 Å². The van der Waals surface area contributed by atoms with Gasteiger partial charge < -0.3 is 4.98 Å². The second-order valence-electron chi connectivity index (χ2n) is 3.87. The van der Waals surface area contributed by atoms with Crippen LogP contribution in [0, 0.1) is 0 Å². The molecule has 0 fully saturated rings. The Morgan fingerprint density at radius 3 is 2.78 bits per heavy atom. The highest BCUT2D eigenvalue weighted by Crippen LogP contribution is 2.13. The Hall–Kier alpha value is -0.850. The van der Waals surface area contributed by atoms with Gasteiger partial charge in [-0.15, -0.1) is 0 Å². The Labute approximate surface area is 119 Å². The molecule has 0 spiro atoms. The highest BCUT2D eigenvalue weighted by molar-refractivity contribution is 7.84. The summed E-state index contributed by atoms with van der Waals surface area (Å²) in [7, 11) is 0. The fraction of sp³-hybridized carbons (Fsp3) is 0.273. The summed E-state index contributed by atoms with van der Waals surface area (Å²) >= 11 is 14.1. The van der Waals surface area contributed by atoms with Crippen LogP contribution in [0.4, 0.5) is 0 Å². The number of nitrogens with zero attached hydrogens (tertiary/aromatic N) is 1. The molecule has 7 heteroatoms. The summed E-state index contributed by atoms with van der Waals surface area (Å²) in [5.41, 5.74) is -0.364. The maximum Gasteiger partial charge on any atom is 0.328 e. The molecule has 2 aromatic rings. The highest BCUT2D eigenvalue weighted by Gasteiger charge is 2.10. The molecular formula is C11H11ClN2O2S2. The number of halogens is 1. The van der Waals surface area contributed by atoms with Crippen LogP contribution < -0.4 is 11.2 Å². The molecule has 1 aromatic carbocycles. The molecule has 2 rings (SSSR count). The first-order valence-electron chi connectivity index (χ1n) is 5.24. The maximum atomic E-state index is 12.2. The van der Waals surface area contributed by atoms with Crippen molar-refractivity contribution in [2.75, 3.05) is 5.75 Å². The number of thiol groups is 2. The van der Waals surface area contributed by atoms with Crippen molar-refractivity contribution in [1.29, 1.82) is 0 Å². The van der Waals surface area contributed by atoms with Gasteiger partial charge in [0.05, 0.1) is 10.9 Å². The Balaban J connectivity index is 2.66. The molecule has 0 aliphatic rings. The van der Waals surface area contributed by atoms with Crippen LogP contribution in [0.3, 0.4) is 0 Å². The monoisotopic (exact) mass is 302 g/mol. The minimum absolute atomic E-state index is 0.156. The Morgan fingerprint density at radius 2 is 2.11 bits per heavy atom. The molecule has 1 N–H and O–H groups in total. The zero-order chi connectivity index (χ0) is 13.3. The molecule has 18 heavy (non-hydrogen) atoms. The summed E-state index contributed by atoms with van der Waals surface area (Å²) in [6.45, 7) is 0.222. The third kappa shape index (κ3) is 2.60. The lowest BCUT2D eigenvalue weighted by molar-refractivity contribution is 0.639. The van der Waals surface area contributed by atoms with Crippen molar-refractivity contribution in [1.82, 2.24) is 9.55 Å². The summed E-state index contributed by atoms with van der Waals surface area (Å²) in [6, 6.07) is 4.77. The van der Waals surface area contributed by atoms with Crippen molar-refractivity contribution in [3.8, 4) is 0 Å². The molecule has 0 aliphatic heterocycles. The van der Waals surface area contributed by atoms with Crippen LogP contribution in [0.15, 0.2) is 27.8 Å². The predicted molar refractivity (Wildman–Crippen MR) is 80.5 cm³/mol. The van der Waals surface area contributed by atoms with E-state index in [9.17, 15) is 9.59 Å². The van der Waals surface area contributed by atoms with E-state index in [2.05, 4.69) is 30.2 Å². The smallest absolute Gasteiger partial charge is 0.307 e. The van der Waals surface area contributed by atoms with Crippen LogP contribution in [0.2, 0.25) is 5.02 Å². The lowest BCUT2D eigenvalue weighted by Crippen LogP contribution is -2.37. The molecular weight excluding hydrogens is 292 g/mol. The van der Waals surface area contributed by atoms with Crippen molar-refractivity contribution in [3.63, 3.8) is 0 Å². The minimum atomic E-state index is -0.462. The van der Waals surface area contributed by atoms with E-state index in [1.54, 1.807) is 18.2 Å². The molecule has 0 saturated carbocycles. The zero-order valence-corrected chi connectivity index (χ0v) is 11.8. The second-order valence-corrected chi connectivity index (χ2v) is 5.40. The van der Waals surface area contributed by atoms with Crippen molar-refractivity contribution >= 4 is 47.8 Å². The molecule has 0 aliphatic carbocycles. The minimum Gasteiger partial charge on any atom is -0.307 e. The van der Waals surface area contributed by atoms with E-state index in [4.69, 9.17) is 11.6 Å². The Bertz CT molecular complexity index is 695. The fourth-order valence-electron chi connectivity index (χ4n) is 1.66. The molecule has 1 heterocycles. The van der Waals surface area contributed by atoms with Gasteiger partial charge >= 0.3 is 5.69 Å². The van der Waals surface area contributed by atoms with E-state index >= 15 is 0 Å². The zero-order valence-electron chi connectivity index (χ0n) is 9.26. The molecule has 4 nitrogen and oxygen atoms in total. The van der Waals surface area contributed by atoms with E-state index in [0.29, 0.717) is 21.7 Å². The number of hydrogen-bond acceptors (Lipinski definition) is 4. The normalized spacial score (nSPS) is 12.8. The lowest BCUT2D eigenvalue weighted by atomic mass is 10.2. The number of fused-ring (bicyclic) bond motifs is 1. The number of hydrogen-bond donors (Lipinski definition) is 3. The van der Waals surface area contributed by atoms with Crippen LogP contribution in [-0.4, -0.2) is 20.6 Å². The summed E-state index contributed by atoms with van der Waals surface area (Å²) < 4.78 is 1.13. The number of aromatic amines is 1. The topological polar surface area (TPSA) is 54.9 Å². The number of H-pyrrole nitrogens is 1. The van der Waals surface area contributed by atoms with Crippen LogP contribution in [0.25, 0.3) is 10.9 Å². The molecule has 1 unspecified atom stereocenters. The highest BCUT2D eigenvalue weighted by atomic mass is 35.5. The first kappa shape index (κ1) is 13.6. The number of aromatic nitrogens is 2. The average molecular weight is 303 g/mol. The maximum absolute atomic E-state index is 12.2. The third-order valence-electron chi connectivity index (χ3n) is 2.55. The molecule has 0 radical (unpaired) electrons. The summed E-state index contributed by atoms with van der Waals surface area (Å²) in [5, 5.41) is 0.744. The molecule has 0 amide bonds. The standard InChI is InChI=1S/C11H11ClN2O2S2/c12-6-1-2-8-9(3-6)13-11(16)14(10(8)15)4-7(18)5-17/h1-3,7,17-18H,4-5H2,(H,13,16). The molecule has 1 atom stereocenters. The van der Waals surface area contributed by atoms with Crippen molar-refractivity contribution in [2.45, 2.75) is 11.8 Å². The van der Waals surface area contributed by atoms with Gasteiger partial charge in [0.1, 0.15) is 0 Å². The van der Waals surface area contributed by atoms with Crippen LogP contribution in [-0.2, 0) is 6.54 Å². The molecule has 0 saturated heterocycles.